The molecule has 0 saturated heterocycles. The van der Waals surface area contributed by atoms with Crippen LogP contribution in [0.5, 0.6) is 0 Å². The summed E-state index contributed by atoms with van der Waals surface area (Å²) in [7, 11) is -5.86. The summed E-state index contributed by atoms with van der Waals surface area (Å²) in [6.07, 6.45) is 0. The van der Waals surface area contributed by atoms with Crippen LogP contribution in [-0.4, -0.2) is 9.14 Å². The summed E-state index contributed by atoms with van der Waals surface area (Å²) in [5, 5.41) is 0. The second-order valence-corrected chi connectivity index (χ2v) is 1.44. The third-order valence-corrected chi connectivity index (χ3v) is 0. The zero-order valence-electron chi connectivity index (χ0n) is 2.48. The molecule has 0 aliphatic carbocycles. The topological polar surface area (TPSA) is 69.2 Å². The van der Waals surface area contributed by atoms with Crippen molar-refractivity contribution < 1.29 is 35.6 Å². The fourth-order valence-electron chi connectivity index (χ4n) is 0. The molecule has 6 heteroatoms. The smallest absolute Gasteiger partial charge is 0.857 e. The molecule has 0 atom stereocenters. The Bertz CT molecular complexity index is 26.3. The summed E-state index contributed by atoms with van der Waals surface area (Å²) in [6.45, 7) is 0. The summed E-state index contributed by atoms with van der Waals surface area (Å²) in [4.78, 5) is 25.4. The molecule has 0 saturated carbocycles. The van der Waals surface area contributed by atoms with Gasteiger partial charge in [-0.05, 0) is 0 Å². The number of halogens is 1. The van der Waals surface area contributed by atoms with Crippen molar-refractivity contribution in [3.8, 4) is 0 Å². The zero-order chi connectivity index (χ0) is 4.50. The van der Waals surface area contributed by atoms with Crippen molar-refractivity contribution in [2.75, 3.05) is 0 Å². The van der Waals surface area contributed by atoms with Crippen molar-refractivity contribution in [2.24, 2.45) is 0 Å². The van der Waals surface area contributed by atoms with Gasteiger partial charge < -0.3 is 18.5 Å². The molecular formula is FMnO3Si. The quantitative estimate of drug-likeness (QED) is 0.265. The van der Waals surface area contributed by atoms with E-state index >= 15 is 0 Å². The first-order valence-electron chi connectivity index (χ1n) is 0.801. The molecule has 0 radical (unpaired) electrons. The molecule has 0 bridgehead atoms. The van der Waals surface area contributed by atoms with Crippen LogP contribution in [0.2, 0.25) is 0 Å². The van der Waals surface area contributed by atoms with Crippen molar-refractivity contribution in [2.45, 2.75) is 0 Å². The summed E-state index contributed by atoms with van der Waals surface area (Å²) in [6, 6.07) is 0. The van der Waals surface area contributed by atoms with Crippen molar-refractivity contribution in [3.05, 3.63) is 0 Å². The van der Waals surface area contributed by atoms with Gasteiger partial charge in [-0.15, -0.1) is 0 Å². The second-order valence-electron chi connectivity index (χ2n) is 0.481. The van der Waals surface area contributed by atoms with Crippen molar-refractivity contribution in [1.29, 1.82) is 0 Å². The standard InChI is InChI=1S/FO3Si.Mn/c1-5(2,3)4;/q-3;+3. The Labute approximate surface area is 45.4 Å². The minimum Gasteiger partial charge on any atom is -0.857 e. The van der Waals surface area contributed by atoms with Crippen LogP contribution in [-0.2, 0) is 17.1 Å². The van der Waals surface area contributed by atoms with Crippen LogP contribution in [0.15, 0.2) is 0 Å². The fraction of sp³-hybridized carbons (Fsp3) is 0. The van der Waals surface area contributed by atoms with E-state index in [-0.39, 0.29) is 17.1 Å². The van der Waals surface area contributed by atoms with Gasteiger partial charge in [0.15, 0.2) is 0 Å². The van der Waals surface area contributed by atoms with Crippen LogP contribution < -0.4 is 14.4 Å². The number of hydrogen-bond acceptors (Lipinski definition) is 3. The monoisotopic (exact) mass is 150 g/mol. The Morgan fingerprint density at radius 3 is 1.17 bits per heavy atom. The molecule has 0 unspecified atom stereocenters. The van der Waals surface area contributed by atoms with Crippen molar-refractivity contribution >= 4 is 9.14 Å². The minimum absolute atomic E-state index is 0. The molecule has 0 spiro atoms. The Morgan fingerprint density at radius 1 is 1.17 bits per heavy atom. The van der Waals surface area contributed by atoms with Gasteiger partial charge >= 0.3 is 17.1 Å². The Hall–Kier alpha value is 0.546. The number of rotatable bonds is 0. The molecule has 0 heterocycles. The SMILES string of the molecule is [Mn+3].[O-][Si]([O-])([O-])F. The molecule has 0 aromatic carbocycles. The van der Waals surface area contributed by atoms with Gasteiger partial charge in [-0.3, -0.25) is 0 Å². The summed E-state index contributed by atoms with van der Waals surface area (Å²) >= 11 is 0. The molecular weight excluding hydrogens is 150 g/mol. The first-order valence-corrected chi connectivity index (χ1v) is 2.40. The first kappa shape index (κ1) is 9.74. The minimum atomic E-state index is -5.86. The van der Waals surface area contributed by atoms with Gasteiger partial charge in [0.25, 0.3) is 0 Å². The van der Waals surface area contributed by atoms with Gasteiger partial charge in [-0.1, -0.05) is 9.14 Å². The molecule has 0 amide bonds. The van der Waals surface area contributed by atoms with Gasteiger partial charge in [0, 0.05) is 0 Å². The second kappa shape index (κ2) is 2.68. The van der Waals surface area contributed by atoms with E-state index < -0.39 is 9.14 Å². The summed E-state index contributed by atoms with van der Waals surface area (Å²) in [5.41, 5.74) is 0. The van der Waals surface area contributed by atoms with Crippen LogP contribution >= 0.6 is 0 Å². The zero-order valence-corrected chi connectivity index (χ0v) is 4.66. The Kier molecular flexibility index (Phi) is 4.34. The number of hydrogen-bond donors (Lipinski definition) is 0. The van der Waals surface area contributed by atoms with E-state index in [2.05, 4.69) is 0 Å². The Balaban J connectivity index is 0. The van der Waals surface area contributed by atoms with E-state index in [0.29, 0.717) is 0 Å². The molecule has 0 fully saturated rings. The first-order chi connectivity index (χ1) is 2.00. The average molecular weight is 150 g/mol. The van der Waals surface area contributed by atoms with Gasteiger partial charge in [0.05, 0.1) is 0 Å². The van der Waals surface area contributed by atoms with E-state index in [1.54, 1.807) is 0 Å². The van der Waals surface area contributed by atoms with Crippen molar-refractivity contribution in [3.63, 3.8) is 0 Å². The maximum absolute atomic E-state index is 10.2. The molecule has 3 nitrogen and oxygen atoms in total. The molecule has 0 aliphatic heterocycles. The summed E-state index contributed by atoms with van der Waals surface area (Å²) in [5.74, 6) is 0. The predicted molar refractivity (Wildman–Crippen MR) is 6.86 cm³/mol. The van der Waals surface area contributed by atoms with E-state index in [1.165, 1.54) is 0 Å². The third-order valence-electron chi connectivity index (χ3n) is 0. The normalized spacial score (nSPS) is 10.0. The van der Waals surface area contributed by atoms with Crippen LogP contribution in [0.3, 0.4) is 0 Å². The van der Waals surface area contributed by atoms with Crippen LogP contribution in [0.1, 0.15) is 0 Å². The van der Waals surface area contributed by atoms with Crippen LogP contribution in [0.25, 0.3) is 0 Å². The maximum Gasteiger partial charge on any atom is 3.00 e. The fourth-order valence-corrected chi connectivity index (χ4v) is 0. The van der Waals surface area contributed by atoms with Gasteiger partial charge in [-0.25, -0.2) is 0 Å². The molecule has 0 rings (SSSR count). The van der Waals surface area contributed by atoms with Gasteiger partial charge in [0.2, 0.25) is 0 Å². The summed E-state index contributed by atoms with van der Waals surface area (Å²) < 4.78 is 10.2. The maximum atomic E-state index is 10.2. The average Bonchev–Trinajstić information content (AvgIpc) is 0.722. The van der Waals surface area contributed by atoms with E-state index in [0.717, 1.165) is 0 Å². The molecule has 6 heavy (non-hydrogen) atoms. The van der Waals surface area contributed by atoms with Crippen LogP contribution in [0.4, 0.5) is 4.11 Å². The predicted octanol–water partition coefficient (Wildman–Crippen LogP) is -3.53. The Morgan fingerprint density at radius 2 is 1.17 bits per heavy atom. The van der Waals surface area contributed by atoms with E-state index in [4.69, 9.17) is 14.4 Å². The van der Waals surface area contributed by atoms with E-state index in [1.807, 2.05) is 0 Å². The molecule has 0 aliphatic rings. The molecule has 36 valence electrons. The molecule has 0 aromatic heterocycles. The molecule has 0 aromatic rings. The largest absolute Gasteiger partial charge is 3.00 e. The van der Waals surface area contributed by atoms with Gasteiger partial charge in [0.1, 0.15) is 0 Å². The van der Waals surface area contributed by atoms with E-state index in [9.17, 15) is 4.11 Å². The van der Waals surface area contributed by atoms with Gasteiger partial charge in [-0.2, -0.15) is 0 Å². The van der Waals surface area contributed by atoms with Crippen LogP contribution in [0, 0.1) is 0 Å². The van der Waals surface area contributed by atoms with Crippen molar-refractivity contribution in [1.82, 2.24) is 0 Å². The molecule has 0 N–H and O–H groups in total. The third kappa shape index (κ3) is 192.